The lowest BCUT2D eigenvalue weighted by molar-refractivity contribution is 0.0121. The third-order valence-corrected chi connectivity index (χ3v) is 9.19. The highest BCUT2D eigenvalue weighted by atomic mass is 16.5. The Hall–Kier alpha value is -0.920. The Morgan fingerprint density at radius 3 is 1.71 bits per heavy atom. The quantitative estimate of drug-likeness (QED) is 0.499. The SMILES string of the molecule is C=C(O)C1CC2CC1C(C(C)C(C)C1CC3CC(C(=C)OC(C)(C)C)C1C3)C2. The van der Waals surface area contributed by atoms with Crippen molar-refractivity contribution < 1.29 is 9.84 Å². The van der Waals surface area contributed by atoms with Crippen molar-refractivity contribution in [1.29, 1.82) is 0 Å². The van der Waals surface area contributed by atoms with Crippen molar-refractivity contribution in [3.05, 3.63) is 24.7 Å². The third-order valence-electron chi connectivity index (χ3n) is 9.19. The number of aliphatic hydroxyl groups excluding tert-OH is 1. The first-order valence-electron chi connectivity index (χ1n) is 11.8. The van der Waals surface area contributed by atoms with Crippen LogP contribution in [0, 0.1) is 59.2 Å². The molecule has 0 amide bonds. The first-order valence-corrected chi connectivity index (χ1v) is 11.8. The van der Waals surface area contributed by atoms with Gasteiger partial charge in [0.15, 0.2) is 0 Å². The molecule has 0 radical (unpaired) electrons. The number of aliphatic hydroxyl groups is 1. The fraction of sp³-hybridized carbons (Fsp3) is 0.846. The van der Waals surface area contributed by atoms with Crippen LogP contribution in [0.1, 0.15) is 73.1 Å². The van der Waals surface area contributed by atoms with Gasteiger partial charge in [0.2, 0.25) is 0 Å². The van der Waals surface area contributed by atoms with Crippen LogP contribution in [0.2, 0.25) is 0 Å². The van der Waals surface area contributed by atoms with Gasteiger partial charge in [-0.3, -0.25) is 0 Å². The molecule has 0 saturated heterocycles. The Morgan fingerprint density at radius 2 is 1.29 bits per heavy atom. The van der Waals surface area contributed by atoms with E-state index in [1.165, 1.54) is 38.5 Å². The smallest absolute Gasteiger partial charge is 0.100 e. The minimum Gasteiger partial charge on any atom is -0.513 e. The lowest BCUT2D eigenvalue weighted by atomic mass is 9.64. The Labute approximate surface area is 172 Å². The van der Waals surface area contributed by atoms with Gasteiger partial charge >= 0.3 is 0 Å². The van der Waals surface area contributed by atoms with E-state index >= 15 is 0 Å². The van der Waals surface area contributed by atoms with Gasteiger partial charge in [-0.05, 0) is 107 Å². The summed E-state index contributed by atoms with van der Waals surface area (Å²) in [7, 11) is 0. The molecule has 0 aromatic heterocycles. The zero-order chi connectivity index (χ0) is 20.4. The van der Waals surface area contributed by atoms with Crippen LogP contribution in [0.4, 0.5) is 0 Å². The van der Waals surface area contributed by atoms with E-state index in [-0.39, 0.29) is 5.60 Å². The van der Waals surface area contributed by atoms with Crippen LogP contribution in [-0.4, -0.2) is 10.7 Å². The van der Waals surface area contributed by atoms with Gasteiger partial charge in [0, 0.05) is 11.8 Å². The molecule has 0 spiro atoms. The summed E-state index contributed by atoms with van der Waals surface area (Å²) in [5, 5.41) is 10.1. The molecular weight excluding hydrogens is 344 g/mol. The van der Waals surface area contributed by atoms with Gasteiger partial charge in [0.25, 0.3) is 0 Å². The minimum atomic E-state index is -0.141. The molecule has 10 unspecified atom stereocenters. The first kappa shape index (κ1) is 20.4. The Kier molecular flexibility index (Phi) is 5.16. The second-order valence-corrected chi connectivity index (χ2v) is 11.9. The molecule has 0 heterocycles. The summed E-state index contributed by atoms with van der Waals surface area (Å²) < 4.78 is 6.21. The van der Waals surface area contributed by atoms with Crippen molar-refractivity contribution in [3.8, 4) is 0 Å². The Morgan fingerprint density at radius 1 is 0.821 bits per heavy atom. The van der Waals surface area contributed by atoms with Crippen LogP contribution in [0.25, 0.3) is 0 Å². The monoisotopic (exact) mass is 386 g/mol. The van der Waals surface area contributed by atoms with Crippen molar-refractivity contribution in [1.82, 2.24) is 0 Å². The minimum absolute atomic E-state index is 0.141. The summed E-state index contributed by atoms with van der Waals surface area (Å²) in [6.45, 7) is 19.7. The van der Waals surface area contributed by atoms with Crippen LogP contribution in [-0.2, 0) is 4.74 Å². The van der Waals surface area contributed by atoms with Gasteiger partial charge < -0.3 is 9.84 Å². The van der Waals surface area contributed by atoms with Gasteiger partial charge in [-0.15, -0.1) is 0 Å². The normalized spacial score (nSPS) is 43.9. The molecule has 158 valence electrons. The predicted octanol–water partition coefficient (Wildman–Crippen LogP) is 6.98. The second-order valence-electron chi connectivity index (χ2n) is 11.9. The number of fused-ring (bicyclic) bond motifs is 4. The number of ether oxygens (including phenoxy) is 1. The van der Waals surface area contributed by atoms with Gasteiger partial charge in [-0.2, -0.15) is 0 Å². The lowest BCUT2D eigenvalue weighted by Crippen LogP contribution is -2.36. The van der Waals surface area contributed by atoms with Crippen molar-refractivity contribution in [3.63, 3.8) is 0 Å². The number of rotatable bonds is 6. The van der Waals surface area contributed by atoms with E-state index in [2.05, 4.69) is 47.8 Å². The van der Waals surface area contributed by atoms with Crippen molar-refractivity contribution in [2.75, 3.05) is 0 Å². The number of hydrogen-bond donors (Lipinski definition) is 1. The maximum atomic E-state index is 10.1. The van der Waals surface area contributed by atoms with E-state index in [0.717, 1.165) is 47.2 Å². The molecule has 4 rings (SSSR count). The summed E-state index contributed by atoms with van der Waals surface area (Å²) in [6.07, 6.45) is 7.96. The van der Waals surface area contributed by atoms with Crippen molar-refractivity contribution >= 4 is 0 Å². The average molecular weight is 387 g/mol. The molecule has 4 bridgehead atoms. The standard InChI is InChI=1S/C26H42O2/c1-14(20-8-18-10-22(16(3)27)24(20)12-18)15(2)21-9-19-11-23(25(21)13-19)17(4)28-26(5,6)7/h14-15,18-25,27H,3-4,8-13H2,1-2,5-7H3. The summed E-state index contributed by atoms with van der Waals surface area (Å²) in [4.78, 5) is 0. The van der Waals surface area contributed by atoms with E-state index in [0.29, 0.717) is 23.5 Å². The summed E-state index contributed by atoms with van der Waals surface area (Å²) in [5.74, 6) is 8.63. The average Bonchev–Trinajstić information content (AvgIpc) is 3.36. The zero-order valence-electron chi connectivity index (χ0n) is 18.8. The van der Waals surface area contributed by atoms with Crippen LogP contribution >= 0.6 is 0 Å². The van der Waals surface area contributed by atoms with Gasteiger partial charge in [0.05, 0.1) is 11.5 Å². The first-order chi connectivity index (χ1) is 13.0. The van der Waals surface area contributed by atoms with Crippen molar-refractivity contribution in [2.45, 2.75) is 78.7 Å². The maximum absolute atomic E-state index is 10.1. The summed E-state index contributed by atoms with van der Waals surface area (Å²) in [5.41, 5.74) is -0.141. The maximum Gasteiger partial charge on any atom is 0.100 e. The molecule has 10 atom stereocenters. The van der Waals surface area contributed by atoms with Gasteiger partial charge in [-0.1, -0.05) is 27.0 Å². The Balaban J connectivity index is 1.43. The molecule has 0 aromatic rings. The predicted molar refractivity (Wildman–Crippen MR) is 116 cm³/mol. The molecule has 4 aliphatic rings. The molecule has 1 N–H and O–H groups in total. The van der Waals surface area contributed by atoms with Crippen LogP contribution < -0.4 is 0 Å². The van der Waals surface area contributed by atoms with E-state index in [1.54, 1.807) is 0 Å². The molecule has 4 aliphatic carbocycles. The lowest BCUT2D eigenvalue weighted by Gasteiger charge is -2.42. The van der Waals surface area contributed by atoms with Crippen LogP contribution in [0.3, 0.4) is 0 Å². The van der Waals surface area contributed by atoms with Crippen LogP contribution in [0.5, 0.6) is 0 Å². The van der Waals surface area contributed by atoms with Crippen LogP contribution in [0.15, 0.2) is 24.7 Å². The van der Waals surface area contributed by atoms with E-state index in [4.69, 9.17) is 4.74 Å². The van der Waals surface area contributed by atoms with E-state index < -0.39 is 0 Å². The number of allylic oxidation sites excluding steroid dienone is 2. The zero-order valence-corrected chi connectivity index (χ0v) is 18.8. The van der Waals surface area contributed by atoms with Gasteiger partial charge in [0.1, 0.15) is 5.60 Å². The largest absolute Gasteiger partial charge is 0.513 e. The highest BCUT2D eigenvalue weighted by Crippen LogP contribution is 2.61. The molecular formula is C26H42O2. The molecule has 2 nitrogen and oxygen atoms in total. The summed E-state index contributed by atoms with van der Waals surface area (Å²) in [6, 6.07) is 0. The second kappa shape index (κ2) is 7.10. The molecule has 0 aliphatic heterocycles. The molecule has 28 heavy (non-hydrogen) atoms. The Bertz CT molecular complexity index is 629. The topological polar surface area (TPSA) is 29.5 Å². The van der Waals surface area contributed by atoms with E-state index in [9.17, 15) is 5.11 Å². The van der Waals surface area contributed by atoms with Gasteiger partial charge in [-0.25, -0.2) is 0 Å². The third kappa shape index (κ3) is 3.54. The highest BCUT2D eigenvalue weighted by Gasteiger charge is 2.54. The highest BCUT2D eigenvalue weighted by molar-refractivity contribution is 5.10. The van der Waals surface area contributed by atoms with E-state index in [1.807, 2.05) is 0 Å². The summed E-state index contributed by atoms with van der Waals surface area (Å²) >= 11 is 0. The molecule has 2 heteroatoms. The fourth-order valence-corrected chi connectivity index (χ4v) is 8.02. The number of hydrogen-bond acceptors (Lipinski definition) is 2. The molecule has 4 fully saturated rings. The van der Waals surface area contributed by atoms with Crippen molar-refractivity contribution in [2.24, 2.45) is 59.2 Å². The molecule has 4 saturated carbocycles. The molecule has 0 aromatic carbocycles. The fourth-order valence-electron chi connectivity index (χ4n) is 8.02.